The van der Waals surface area contributed by atoms with Crippen LogP contribution in [0.3, 0.4) is 0 Å². The molecule has 0 bridgehead atoms. The van der Waals surface area contributed by atoms with Crippen molar-refractivity contribution in [3.63, 3.8) is 0 Å². The largest absolute Gasteiger partial charge is 0.376 e. The monoisotopic (exact) mass is 337 g/mol. The van der Waals surface area contributed by atoms with E-state index in [9.17, 15) is 4.79 Å². The summed E-state index contributed by atoms with van der Waals surface area (Å²) < 4.78 is 16.1. The third-order valence-corrected chi connectivity index (χ3v) is 4.31. The highest BCUT2D eigenvalue weighted by Crippen LogP contribution is 2.22. The molecule has 1 N–H and O–H groups in total. The number of ether oxygens (including phenoxy) is 2. The quantitative estimate of drug-likeness (QED) is 0.831. The summed E-state index contributed by atoms with van der Waals surface area (Å²) in [5, 5.41) is 8.49. The Bertz CT molecular complexity index is 608. The van der Waals surface area contributed by atoms with Crippen LogP contribution in [0.25, 0.3) is 10.8 Å². The molecule has 0 aromatic carbocycles. The summed E-state index contributed by atoms with van der Waals surface area (Å²) in [4.78, 5) is 16.9. The first-order chi connectivity index (χ1) is 11.3. The molecule has 23 heavy (non-hydrogen) atoms. The fraction of sp³-hybridized carbons (Fsp3) is 0.533. The zero-order valence-electron chi connectivity index (χ0n) is 12.7. The highest BCUT2D eigenvalue weighted by molar-refractivity contribution is 7.13. The normalized spacial score (nSPS) is 18.0. The molecule has 0 radical (unpaired) electrons. The van der Waals surface area contributed by atoms with Gasteiger partial charge < -0.3 is 19.3 Å². The van der Waals surface area contributed by atoms with E-state index in [1.807, 2.05) is 17.5 Å². The lowest BCUT2D eigenvalue weighted by Gasteiger charge is -2.22. The van der Waals surface area contributed by atoms with E-state index in [0.29, 0.717) is 18.3 Å². The van der Waals surface area contributed by atoms with Crippen molar-refractivity contribution in [2.75, 3.05) is 19.8 Å². The second kappa shape index (κ2) is 8.19. The molecule has 0 spiro atoms. The molecule has 124 valence electrons. The van der Waals surface area contributed by atoms with Crippen molar-refractivity contribution >= 4 is 17.2 Å². The smallest absolute Gasteiger partial charge is 0.268 e. The molecule has 1 atom stereocenters. The molecule has 3 heterocycles. The van der Waals surface area contributed by atoms with E-state index in [0.717, 1.165) is 30.7 Å². The Labute approximate surface area is 138 Å². The summed E-state index contributed by atoms with van der Waals surface area (Å²) in [6.07, 6.45) is 3.37. The minimum absolute atomic E-state index is 0.00942. The van der Waals surface area contributed by atoms with Gasteiger partial charge in [-0.05, 0) is 30.7 Å². The molecular formula is C15H19N3O4S. The van der Waals surface area contributed by atoms with Gasteiger partial charge in [0.2, 0.25) is 5.91 Å². The van der Waals surface area contributed by atoms with Crippen molar-refractivity contribution in [2.24, 2.45) is 0 Å². The summed E-state index contributed by atoms with van der Waals surface area (Å²) in [7, 11) is 0. The third-order valence-electron chi connectivity index (χ3n) is 3.45. The highest BCUT2D eigenvalue weighted by atomic mass is 32.1. The number of rotatable bonds is 7. The average Bonchev–Trinajstić information content (AvgIpc) is 3.25. The molecule has 1 saturated heterocycles. The Morgan fingerprint density at radius 2 is 2.43 bits per heavy atom. The lowest BCUT2D eigenvalue weighted by molar-refractivity contribution is -0.128. The molecule has 2 aromatic heterocycles. The number of thiophene rings is 1. The number of amides is 1. The topological polar surface area (TPSA) is 86.5 Å². The fourth-order valence-corrected chi connectivity index (χ4v) is 2.92. The van der Waals surface area contributed by atoms with Crippen molar-refractivity contribution in [2.45, 2.75) is 31.9 Å². The molecule has 3 rings (SSSR count). The van der Waals surface area contributed by atoms with Gasteiger partial charge >= 0.3 is 0 Å². The molecule has 1 aliphatic heterocycles. The lowest BCUT2D eigenvalue weighted by Crippen LogP contribution is -2.30. The van der Waals surface area contributed by atoms with Crippen molar-refractivity contribution in [1.82, 2.24) is 15.5 Å². The number of aromatic nitrogens is 2. The summed E-state index contributed by atoms with van der Waals surface area (Å²) in [5.74, 6) is 0.704. The van der Waals surface area contributed by atoms with Crippen molar-refractivity contribution in [3.05, 3.63) is 23.3 Å². The number of carbonyl (C=O) groups is 1. The average molecular weight is 337 g/mol. The summed E-state index contributed by atoms with van der Waals surface area (Å²) >= 11 is 1.52. The molecular weight excluding hydrogens is 318 g/mol. The van der Waals surface area contributed by atoms with Crippen LogP contribution >= 0.6 is 11.3 Å². The second-order valence-electron chi connectivity index (χ2n) is 5.27. The molecule has 2 aromatic rings. The highest BCUT2D eigenvalue weighted by Gasteiger charge is 2.15. The summed E-state index contributed by atoms with van der Waals surface area (Å²) in [6.45, 7) is 1.47. The van der Waals surface area contributed by atoms with Crippen LogP contribution in [0.2, 0.25) is 0 Å². The lowest BCUT2D eigenvalue weighted by atomic mass is 10.1. The van der Waals surface area contributed by atoms with Crippen molar-refractivity contribution in [3.8, 4) is 10.8 Å². The van der Waals surface area contributed by atoms with Crippen LogP contribution in [0.1, 0.15) is 25.1 Å². The van der Waals surface area contributed by atoms with Crippen LogP contribution in [0.5, 0.6) is 0 Å². The van der Waals surface area contributed by atoms with Crippen molar-refractivity contribution < 1.29 is 18.8 Å². The Kier molecular flexibility index (Phi) is 5.73. The Morgan fingerprint density at radius 3 is 3.22 bits per heavy atom. The molecule has 1 aliphatic rings. The first-order valence-corrected chi connectivity index (χ1v) is 8.52. The minimum atomic E-state index is -0.205. The van der Waals surface area contributed by atoms with Crippen LogP contribution < -0.4 is 5.32 Å². The van der Waals surface area contributed by atoms with Crippen LogP contribution in [0.15, 0.2) is 22.0 Å². The first-order valence-electron chi connectivity index (χ1n) is 7.64. The van der Waals surface area contributed by atoms with E-state index in [4.69, 9.17) is 14.0 Å². The van der Waals surface area contributed by atoms with Crippen molar-refractivity contribution in [1.29, 1.82) is 0 Å². The van der Waals surface area contributed by atoms with E-state index >= 15 is 0 Å². The van der Waals surface area contributed by atoms with E-state index in [1.165, 1.54) is 11.3 Å². The SMILES string of the molecule is O=C(COCC1CCCCO1)NCc1noc(-c2cccs2)n1. The van der Waals surface area contributed by atoms with Gasteiger partial charge in [0, 0.05) is 6.61 Å². The van der Waals surface area contributed by atoms with Gasteiger partial charge in [-0.2, -0.15) is 4.98 Å². The van der Waals surface area contributed by atoms with Gasteiger partial charge in [0.1, 0.15) is 6.61 Å². The number of hydrogen-bond acceptors (Lipinski definition) is 7. The third kappa shape index (κ3) is 4.85. The predicted octanol–water partition coefficient (Wildman–Crippen LogP) is 2.00. The van der Waals surface area contributed by atoms with Crippen LogP contribution in [0.4, 0.5) is 0 Å². The number of carbonyl (C=O) groups excluding carboxylic acids is 1. The predicted molar refractivity (Wildman–Crippen MR) is 83.9 cm³/mol. The van der Waals surface area contributed by atoms with Gasteiger partial charge in [0.05, 0.1) is 24.1 Å². The second-order valence-corrected chi connectivity index (χ2v) is 6.22. The Hall–Kier alpha value is -1.77. The van der Waals surface area contributed by atoms with Crippen LogP contribution in [0, 0.1) is 0 Å². The van der Waals surface area contributed by atoms with E-state index < -0.39 is 0 Å². The van der Waals surface area contributed by atoms with Crippen LogP contribution in [-0.4, -0.2) is 42.0 Å². The zero-order valence-corrected chi connectivity index (χ0v) is 13.5. The van der Waals surface area contributed by atoms with Crippen LogP contribution in [-0.2, 0) is 20.8 Å². The van der Waals surface area contributed by atoms with Gasteiger partial charge in [-0.25, -0.2) is 0 Å². The number of nitrogens with one attached hydrogen (secondary N) is 1. The van der Waals surface area contributed by atoms with Gasteiger partial charge in [-0.1, -0.05) is 11.2 Å². The van der Waals surface area contributed by atoms with E-state index in [-0.39, 0.29) is 25.2 Å². The Morgan fingerprint density at radius 1 is 1.48 bits per heavy atom. The maximum absolute atomic E-state index is 11.7. The van der Waals surface area contributed by atoms with E-state index in [1.54, 1.807) is 0 Å². The van der Waals surface area contributed by atoms with Gasteiger partial charge in [0.25, 0.3) is 5.89 Å². The molecule has 7 nitrogen and oxygen atoms in total. The molecule has 1 amide bonds. The first kappa shape index (κ1) is 16.1. The Balaban J connectivity index is 1.35. The van der Waals surface area contributed by atoms with Gasteiger partial charge in [0.15, 0.2) is 5.82 Å². The molecule has 8 heteroatoms. The molecule has 1 unspecified atom stereocenters. The molecule has 0 saturated carbocycles. The maximum atomic E-state index is 11.7. The zero-order chi connectivity index (χ0) is 15.9. The number of hydrogen-bond donors (Lipinski definition) is 1. The molecule has 1 fully saturated rings. The van der Waals surface area contributed by atoms with Gasteiger partial charge in [-0.3, -0.25) is 4.79 Å². The van der Waals surface area contributed by atoms with Gasteiger partial charge in [-0.15, -0.1) is 11.3 Å². The number of nitrogens with zero attached hydrogens (tertiary/aromatic N) is 2. The molecule has 0 aliphatic carbocycles. The standard InChI is InChI=1S/C15H19N3O4S/c19-14(10-20-9-11-4-1-2-6-21-11)16-8-13-17-15(22-18-13)12-5-3-7-23-12/h3,5,7,11H,1-2,4,6,8-10H2,(H,16,19). The summed E-state index contributed by atoms with van der Waals surface area (Å²) in [5.41, 5.74) is 0. The maximum Gasteiger partial charge on any atom is 0.268 e. The van der Waals surface area contributed by atoms with E-state index in [2.05, 4.69) is 15.5 Å². The summed E-state index contributed by atoms with van der Waals surface area (Å²) in [6, 6.07) is 3.82. The fourth-order valence-electron chi connectivity index (χ4n) is 2.28. The minimum Gasteiger partial charge on any atom is -0.376 e.